The molecule has 0 unspecified atom stereocenters. The van der Waals surface area contributed by atoms with Gasteiger partial charge in [0.15, 0.2) is 0 Å². The van der Waals surface area contributed by atoms with Crippen LogP contribution in [0, 0.1) is 5.41 Å². The predicted molar refractivity (Wildman–Crippen MR) is 65.6 cm³/mol. The van der Waals surface area contributed by atoms with Gasteiger partial charge in [-0.15, -0.1) is 0 Å². The number of fused-ring (bicyclic) bond motifs is 1. The fraction of sp³-hybridized carbons (Fsp3) is 0.667. The zero-order chi connectivity index (χ0) is 15.1. The number of amides is 1. The number of hydrogen-bond acceptors (Lipinski definition) is 3. The molecular formula is C12H17F3N4O. The lowest BCUT2D eigenvalue weighted by Crippen LogP contribution is -2.37. The molecule has 1 aromatic rings. The van der Waals surface area contributed by atoms with E-state index in [9.17, 15) is 18.0 Å². The second-order valence-corrected chi connectivity index (χ2v) is 5.59. The lowest BCUT2D eigenvalue weighted by Gasteiger charge is -2.25. The summed E-state index contributed by atoms with van der Waals surface area (Å²) < 4.78 is 40.4. The summed E-state index contributed by atoms with van der Waals surface area (Å²) in [6, 6.07) is 0. The highest BCUT2D eigenvalue weighted by molar-refractivity contribution is 5.79. The molecule has 1 amide bonds. The largest absolute Gasteiger partial charge is 0.449 e. The topological polar surface area (TPSA) is 72.9 Å². The molecule has 2 heterocycles. The van der Waals surface area contributed by atoms with Gasteiger partial charge in [0.25, 0.3) is 0 Å². The molecule has 5 nitrogen and oxygen atoms in total. The van der Waals surface area contributed by atoms with Gasteiger partial charge in [-0.25, -0.2) is 4.98 Å². The summed E-state index contributed by atoms with van der Waals surface area (Å²) in [5.41, 5.74) is 5.11. The Kier molecular flexibility index (Phi) is 3.53. The summed E-state index contributed by atoms with van der Waals surface area (Å²) in [6.45, 7) is 3.83. The van der Waals surface area contributed by atoms with E-state index in [0.717, 1.165) is 4.57 Å². The fourth-order valence-electron chi connectivity index (χ4n) is 2.23. The monoisotopic (exact) mass is 290 g/mol. The number of nitrogens with one attached hydrogen (secondary N) is 1. The van der Waals surface area contributed by atoms with Crippen LogP contribution < -0.4 is 11.1 Å². The van der Waals surface area contributed by atoms with Crippen molar-refractivity contribution in [3.8, 4) is 0 Å². The van der Waals surface area contributed by atoms with Gasteiger partial charge in [-0.3, -0.25) is 4.79 Å². The van der Waals surface area contributed by atoms with E-state index in [4.69, 9.17) is 5.73 Å². The minimum Gasteiger partial charge on any atom is -0.369 e. The Morgan fingerprint density at radius 2 is 2.10 bits per heavy atom. The molecule has 0 aromatic carbocycles. The van der Waals surface area contributed by atoms with Crippen LogP contribution >= 0.6 is 0 Å². The number of halogens is 3. The Labute approximate surface area is 114 Å². The van der Waals surface area contributed by atoms with Crippen molar-refractivity contribution in [3.63, 3.8) is 0 Å². The van der Waals surface area contributed by atoms with Crippen molar-refractivity contribution in [3.05, 3.63) is 17.2 Å². The number of primary amides is 1. The molecule has 1 aromatic heterocycles. The fourth-order valence-corrected chi connectivity index (χ4v) is 2.23. The molecule has 0 atom stereocenters. The van der Waals surface area contributed by atoms with Gasteiger partial charge in [0.1, 0.15) is 0 Å². The van der Waals surface area contributed by atoms with Gasteiger partial charge in [0, 0.05) is 31.7 Å². The number of aromatic nitrogens is 2. The number of nitrogens with zero attached hydrogens (tertiary/aromatic N) is 2. The first-order chi connectivity index (χ1) is 9.13. The molecule has 8 heteroatoms. The molecule has 20 heavy (non-hydrogen) atoms. The lowest BCUT2D eigenvalue weighted by molar-refractivity contribution is -0.148. The van der Waals surface area contributed by atoms with Gasteiger partial charge in [0.2, 0.25) is 11.7 Å². The first kappa shape index (κ1) is 14.8. The van der Waals surface area contributed by atoms with E-state index < -0.39 is 23.3 Å². The number of nitrogens with two attached hydrogens (primary N) is 1. The minimum atomic E-state index is -4.55. The number of hydrogen-bond donors (Lipinski definition) is 2. The van der Waals surface area contributed by atoms with Crippen LogP contribution in [0.3, 0.4) is 0 Å². The first-order valence-corrected chi connectivity index (χ1v) is 6.29. The van der Waals surface area contributed by atoms with Crippen molar-refractivity contribution in [2.45, 2.75) is 39.5 Å². The van der Waals surface area contributed by atoms with Gasteiger partial charge in [-0.2, -0.15) is 13.2 Å². The third kappa shape index (κ3) is 2.65. The SMILES string of the molecule is CC(C)(Cn1c(C(F)(F)F)nc2c1CCNC2)C(N)=O. The highest BCUT2D eigenvalue weighted by Crippen LogP contribution is 2.33. The smallest absolute Gasteiger partial charge is 0.369 e. The zero-order valence-corrected chi connectivity index (χ0v) is 11.3. The van der Waals surface area contributed by atoms with E-state index in [1.807, 2.05) is 0 Å². The standard InChI is InChI=1S/C12H17F3N4O/c1-11(2,9(16)20)6-19-8-3-4-17-5-7(8)18-10(19)12(13,14)15/h17H,3-6H2,1-2H3,(H2,16,20). The van der Waals surface area contributed by atoms with Crippen LogP contribution in [0.2, 0.25) is 0 Å². The van der Waals surface area contributed by atoms with Gasteiger partial charge in [0.05, 0.1) is 11.1 Å². The molecule has 112 valence electrons. The van der Waals surface area contributed by atoms with Crippen LogP contribution in [0.1, 0.15) is 31.1 Å². The van der Waals surface area contributed by atoms with Gasteiger partial charge in [-0.1, -0.05) is 0 Å². The van der Waals surface area contributed by atoms with E-state index >= 15 is 0 Å². The molecule has 0 bridgehead atoms. The predicted octanol–water partition coefficient (Wildman–Crippen LogP) is 1.06. The highest BCUT2D eigenvalue weighted by atomic mass is 19.4. The Morgan fingerprint density at radius 3 is 2.65 bits per heavy atom. The van der Waals surface area contributed by atoms with Crippen LogP contribution in [-0.2, 0) is 30.5 Å². The third-order valence-electron chi connectivity index (χ3n) is 3.46. The summed E-state index contributed by atoms with van der Waals surface area (Å²) in [7, 11) is 0. The van der Waals surface area contributed by atoms with Gasteiger partial charge in [-0.05, 0) is 13.8 Å². The molecule has 1 aliphatic rings. The third-order valence-corrected chi connectivity index (χ3v) is 3.46. The molecule has 3 N–H and O–H groups in total. The van der Waals surface area contributed by atoms with Crippen molar-refractivity contribution >= 4 is 5.91 Å². The van der Waals surface area contributed by atoms with E-state index in [0.29, 0.717) is 30.9 Å². The molecule has 0 fully saturated rings. The number of imidazole rings is 1. The number of rotatable bonds is 3. The molecule has 0 saturated carbocycles. The number of carbonyl (C=O) groups is 1. The molecule has 0 spiro atoms. The van der Waals surface area contributed by atoms with Crippen LogP contribution in [0.4, 0.5) is 13.2 Å². The van der Waals surface area contributed by atoms with Crippen molar-refractivity contribution in [2.24, 2.45) is 11.1 Å². The molecule has 0 aliphatic carbocycles. The van der Waals surface area contributed by atoms with Crippen molar-refractivity contribution < 1.29 is 18.0 Å². The Balaban J connectivity index is 2.49. The van der Waals surface area contributed by atoms with Gasteiger partial charge >= 0.3 is 6.18 Å². The van der Waals surface area contributed by atoms with Gasteiger partial charge < -0.3 is 15.6 Å². The maximum absolute atomic E-state index is 13.1. The molecule has 0 radical (unpaired) electrons. The quantitative estimate of drug-likeness (QED) is 0.874. The maximum atomic E-state index is 13.1. The Hall–Kier alpha value is -1.57. The Morgan fingerprint density at radius 1 is 1.45 bits per heavy atom. The number of alkyl halides is 3. The zero-order valence-electron chi connectivity index (χ0n) is 11.3. The summed E-state index contributed by atoms with van der Waals surface area (Å²) in [4.78, 5) is 15.1. The highest BCUT2D eigenvalue weighted by Gasteiger charge is 2.41. The van der Waals surface area contributed by atoms with E-state index in [1.165, 1.54) is 13.8 Å². The second-order valence-electron chi connectivity index (χ2n) is 5.59. The minimum absolute atomic E-state index is 0.125. The average molecular weight is 290 g/mol. The van der Waals surface area contributed by atoms with E-state index in [2.05, 4.69) is 10.3 Å². The average Bonchev–Trinajstić information content (AvgIpc) is 2.67. The van der Waals surface area contributed by atoms with Crippen molar-refractivity contribution in [2.75, 3.05) is 6.54 Å². The summed E-state index contributed by atoms with van der Waals surface area (Å²) in [6.07, 6.45) is -4.10. The number of carbonyl (C=O) groups excluding carboxylic acids is 1. The van der Waals surface area contributed by atoms with Crippen LogP contribution in [-0.4, -0.2) is 22.0 Å². The van der Waals surface area contributed by atoms with E-state index in [1.54, 1.807) is 0 Å². The molecule has 2 rings (SSSR count). The van der Waals surface area contributed by atoms with Crippen molar-refractivity contribution in [1.29, 1.82) is 0 Å². The maximum Gasteiger partial charge on any atom is 0.449 e. The normalized spacial score (nSPS) is 16.1. The molecule has 1 aliphatic heterocycles. The Bertz CT molecular complexity index is 534. The van der Waals surface area contributed by atoms with E-state index in [-0.39, 0.29) is 6.54 Å². The first-order valence-electron chi connectivity index (χ1n) is 6.29. The molecular weight excluding hydrogens is 273 g/mol. The van der Waals surface area contributed by atoms with Crippen LogP contribution in [0.5, 0.6) is 0 Å². The lowest BCUT2D eigenvalue weighted by atomic mass is 9.92. The second kappa shape index (κ2) is 4.76. The molecule has 0 saturated heterocycles. The summed E-state index contributed by atoms with van der Waals surface area (Å²) >= 11 is 0. The summed E-state index contributed by atoms with van der Waals surface area (Å²) in [5.74, 6) is -1.59. The van der Waals surface area contributed by atoms with Crippen LogP contribution in [0.25, 0.3) is 0 Å². The van der Waals surface area contributed by atoms with Crippen LogP contribution in [0.15, 0.2) is 0 Å². The summed E-state index contributed by atoms with van der Waals surface area (Å²) in [5, 5.41) is 2.98. The van der Waals surface area contributed by atoms with Crippen molar-refractivity contribution in [1.82, 2.24) is 14.9 Å².